The summed E-state index contributed by atoms with van der Waals surface area (Å²) in [5.41, 5.74) is 6.47. The van der Waals surface area contributed by atoms with Crippen molar-refractivity contribution >= 4 is 10.9 Å². The fourth-order valence-corrected chi connectivity index (χ4v) is 4.55. The first-order valence-electron chi connectivity index (χ1n) is 11.0. The molecule has 160 valence electrons. The van der Waals surface area contributed by atoms with Crippen LogP contribution in [0.1, 0.15) is 47.1 Å². The summed E-state index contributed by atoms with van der Waals surface area (Å²) in [5.74, 6) is 1.34. The molecule has 0 radical (unpaired) electrons. The number of aromatic amines is 1. The average Bonchev–Trinajstić information content (AvgIpc) is 3.30. The monoisotopic (exact) mass is 423 g/mol. The number of piperidine rings is 1. The highest BCUT2D eigenvalue weighted by Gasteiger charge is 2.23. The van der Waals surface area contributed by atoms with Crippen molar-refractivity contribution in [3.63, 3.8) is 0 Å². The van der Waals surface area contributed by atoms with E-state index in [1.54, 1.807) is 12.4 Å². The van der Waals surface area contributed by atoms with Crippen LogP contribution in [0.5, 0.6) is 0 Å². The smallest absolute Gasteiger partial charge is 0.143 e. The van der Waals surface area contributed by atoms with Gasteiger partial charge < -0.3 is 0 Å². The van der Waals surface area contributed by atoms with Gasteiger partial charge in [-0.15, -0.1) is 0 Å². The van der Waals surface area contributed by atoms with Crippen molar-refractivity contribution in [3.05, 3.63) is 71.1 Å². The molecule has 0 amide bonds. The van der Waals surface area contributed by atoms with E-state index in [1.165, 1.54) is 0 Å². The van der Waals surface area contributed by atoms with Gasteiger partial charge in [-0.2, -0.15) is 10.4 Å². The summed E-state index contributed by atoms with van der Waals surface area (Å²) in [6.45, 7) is 6.77. The van der Waals surface area contributed by atoms with E-state index < -0.39 is 0 Å². The molecule has 4 aromatic rings. The molecule has 1 aromatic carbocycles. The maximum atomic E-state index is 9.26. The zero-order valence-corrected chi connectivity index (χ0v) is 18.3. The number of nitriles is 1. The summed E-state index contributed by atoms with van der Waals surface area (Å²) in [5, 5.41) is 18.1. The van der Waals surface area contributed by atoms with Crippen molar-refractivity contribution in [1.29, 1.82) is 5.26 Å². The minimum absolute atomic E-state index is 0.444. The molecule has 5 rings (SSSR count). The molecule has 1 aliphatic rings. The molecule has 0 unspecified atom stereocenters. The highest BCUT2D eigenvalue weighted by Crippen LogP contribution is 2.31. The number of rotatable bonds is 4. The molecule has 4 heterocycles. The lowest BCUT2D eigenvalue weighted by molar-refractivity contribution is 0.199. The van der Waals surface area contributed by atoms with Crippen molar-refractivity contribution < 1.29 is 0 Å². The first-order chi connectivity index (χ1) is 15.6. The quantitative estimate of drug-likeness (QED) is 0.526. The number of hydrogen-bond acceptors (Lipinski definition) is 6. The van der Waals surface area contributed by atoms with Gasteiger partial charge >= 0.3 is 0 Å². The molecular weight excluding hydrogens is 398 g/mol. The van der Waals surface area contributed by atoms with Gasteiger partial charge in [0.15, 0.2) is 0 Å². The van der Waals surface area contributed by atoms with Crippen LogP contribution < -0.4 is 0 Å². The second kappa shape index (κ2) is 8.48. The van der Waals surface area contributed by atoms with E-state index in [4.69, 9.17) is 9.97 Å². The molecule has 1 saturated heterocycles. The SMILES string of the molecule is Cc1c(C#N)cncc1-c1cc(C2CCN(Cc3nc(C)c4ccccc4n3)CC2)[nH]n1. The Morgan fingerprint density at radius 2 is 1.94 bits per heavy atom. The lowest BCUT2D eigenvalue weighted by atomic mass is 9.93. The van der Waals surface area contributed by atoms with Crippen LogP contribution >= 0.6 is 0 Å². The lowest BCUT2D eigenvalue weighted by Crippen LogP contribution is -2.33. The van der Waals surface area contributed by atoms with Gasteiger partial charge in [0, 0.05) is 40.6 Å². The molecule has 7 heteroatoms. The zero-order chi connectivity index (χ0) is 22.1. The van der Waals surface area contributed by atoms with Gasteiger partial charge in [0.1, 0.15) is 11.9 Å². The van der Waals surface area contributed by atoms with E-state index in [9.17, 15) is 5.26 Å². The van der Waals surface area contributed by atoms with Crippen LogP contribution in [0, 0.1) is 25.2 Å². The molecule has 1 fully saturated rings. The highest BCUT2D eigenvalue weighted by atomic mass is 15.2. The molecule has 0 bridgehead atoms. The Bertz CT molecular complexity index is 1310. The van der Waals surface area contributed by atoms with E-state index in [0.717, 1.165) is 77.4 Å². The number of hydrogen-bond donors (Lipinski definition) is 1. The third-order valence-electron chi connectivity index (χ3n) is 6.44. The van der Waals surface area contributed by atoms with E-state index in [0.29, 0.717) is 11.5 Å². The van der Waals surface area contributed by atoms with Crippen molar-refractivity contribution in [2.45, 2.75) is 39.2 Å². The Hall–Kier alpha value is -3.63. The van der Waals surface area contributed by atoms with Crippen LogP contribution in [-0.4, -0.2) is 43.1 Å². The first-order valence-corrected chi connectivity index (χ1v) is 11.0. The van der Waals surface area contributed by atoms with Crippen LogP contribution in [-0.2, 0) is 6.54 Å². The van der Waals surface area contributed by atoms with E-state index in [1.807, 2.05) is 19.1 Å². The van der Waals surface area contributed by atoms with Gasteiger partial charge in [-0.3, -0.25) is 15.0 Å². The Kier molecular flexibility index (Phi) is 5.38. The van der Waals surface area contributed by atoms with E-state index >= 15 is 0 Å². The number of H-pyrrole nitrogens is 1. The van der Waals surface area contributed by atoms with Crippen LogP contribution in [0.3, 0.4) is 0 Å². The molecule has 1 N–H and O–H groups in total. The topological polar surface area (TPSA) is 94.4 Å². The van der Waals surface area contributed by atoms with Crippen LogP contribution in [0.25, 0.3) is 22.2 Å². The van der Waals surface area contributed by atoms with Gasteiger partial charge in [0.25, 0.3) is 0 Å². The first kappa shape index (κ1) is 20.3. The van der Waals surface area contributed by atoms with E-state index in [-0.39, 0.29) is 0 Å². The molecule has 32 heavy (non-hydrogen) atoms. The van der Waals surface area contributed by atoms with Crippen molar-refractivity contribution in [1.82, 2.24) is 30.0 Å². The van der Waals surface area contributed by atoms with Gasteiger partial charge in [-0.1, -0.05) is 18.2 Å². The number of aromatic nitrogens is 5. The molecule has 1 aliphatic heterocycles. The van der Waals surface area contributed by atoms with Crippen molar-refractivity contribution in [2.24, 2.45) is 0 Å². The third kappa shape index (κ3) is 3.85. The van der Waals surface area contributed by atoms with Crippen molar-refractivity contribution in [2.75, 3.05) is 13.1 Å². The predicted octanol–water partition coefficient (Wildman–Crippen LogP) is 4.28. The molecule has 0 aliphatic carbocycles. The Morgan fingerprint density at radius 3 is 2.75 bits per heavy atom. The molecule has 0 spiro atoms. The number of nitrogens with one attached hydrogen (secondary N) is 1. The lowest BCUT2D eigenvalue weighted by Gasteiger charge is -2.30. The van der Waals surface area contributed by atoms with Gasteiger partial charge in [0.05, 0.1) is 23.3 Å². The summed E-state index contributed by atoms with van der Waals surface area (Å²) in [4.78, 5) is 16.1. The Balaban J connectivity index is 1.26. The molecular formula is C25H25N7. The summed E-state index contributed by atoms with van der Waals surface area (Å²) < 4.78 is 0. The second-order valence-electron chi connectivity index (χ2n) is 8.47. The number of pyridine rings is 1. The molecule has 7 nitrogen and oxygen atoms in total. The Labute approximate surface area is 187 Å². The fraction of sp³-hybridized carbons (Fsp3) is 0.320. The average molecular weight is 424 g/mol. The Morgan fingerprint density at radius 1 is 1.12 bits per heavy atom. The summed E-state index contributed by atoms with van der Waals surface area (Å²) in [6.07, 6.45) is 5.50. The number of benzene rings is 1. The second-order valence-corrected chi connectivity index (χ2v) is 8.47. The number of para-hydroxylation sites is 1. The number of nitrogens with zero attached hydrogens (tertiary/aromatic N) is 6. The zero-order valence-electron chi connectivity index (χ0n) is 18.3. The van der Waals surface area contributed by atoms with E-state index in [2.05, 4.69) is 51.3 Å². The largest absolute Gasteiger partial charge is 0.296 e. The van der Waals surface area contributed by atoms with Gasteiger partial charge in [-0.05, 0) is 57.5 Å². The maximum Gasteiger partial charge on any atom is 0.143 e. The number of likely N-dealkylation sites (tertiary alicyclic amines) is 1. The van der Waals surface area contributed by atoms with Gasteiger partial charge in [0.2, 0.25) is 0 Å². The molecule has 0 saturated carbocycles. The minimum atomic E-state index is 0.444. The van der Waals surface area contributed by atoms with Crippen LogP contribution in [0.4, 0.5) is 0 Å². The number of aryl methyl sites for hydroxylation is 1. The highest BCUT2D eigenvalue weighted by molar-refractivity contribution is 5.80. The normalized spacial score (nSPS) is 15.2. The van der Waals surface area contributed by atoms with Gasteiger partial charge in [-0.25, -0.2) is 9.97 Å². The molecule has 3 aromatic heterocycles. The summed E-state index contributed by atoms with van der Waals surface area (Å²) >= 11 is 0. The standard InChI is InChI=1S/C25H25N7/c1-16-19(12-26)13-27-14-21(16)24-11-23(30-31-24)18-7-9-32(10-8-18)15-25-28-17(2)20-5-3-4-6-22(20)29-25/h3-6,11,13-14,18H,7-10,15H2,1-2H3,(H,30,31). The van der Waals surface area contributed by atoms with Crippen molar-refractivity contribution in [3.8, 4) is 17.3 Å². The van der Waals surface area contributed by atoms with Crippen LogP contribution in [0.15, 0.2) is 42.7 Å². The maximum absolute atomic E-state index is 9.26. The minimum Gasteiger partial charge on any atom is -0.296 e. The molecule has 0 atom stereocenters. The third-order valence-corrected chi connectivity index (χ3v) is 6.44. The summed E-state index contributed by atoms with van der Waals surface area (Å²) in [6, 6.07) is 12.5. The number of fused-ring (bicyclic) bond motifs is 1. The van der Waals surface area contributed by atoms with Crippen LogP contribution in [0.2, 0.25) is 0 Å². The fourth-order valence-electron chi connectivity index (χ4n) is 4.55. The predicted molar refractivity (Wildman–Crippen MR) is 123 cm³/mol. The summed E-state index contributed by atoms with van der Waals surface area (Å²) in [7, 11) is 0.